The topological polar surface area (TPSA) is 74.8 Å². The van der Waals surface area contributed by atoms with Crippen LogP contribution in [0, 0.1) is 27.7 Å². The molecule has 1 aliphatic heterocycles. The Balaban J connectivity index is 1.70. The van der Waals surface area contributed by atoms with Gasteiger partial charge < -0.3 is 14.0 Å². The first-order valence-corrected chi connectivity index (χ1v) is 15.0. The highest BCUT2D eigenvalue weighted by Crippen LogP contribution is 2.35. The molecule has 7 nitrogen and oxygen atoms in total. The number of carbonyl (C=O) groups excluding carboxylic acids is 1. The number of methoxy groups -OCH3 is 1. The average molecular weight is 635 g/mol. The van der Waals surface area contributed by atoms with Crippen molar-refractivity contribution in [1.29, 1.82) is 0 Å². The monoisotopic (exact) mass is 633 g/mol. The maximum atomic E-state index is 14.1. The zero-order valence-corrected chi connectivity index (χ0v) is 26.6. The summed E-state index contributed by atoms with van der Waals surface area (Å²) >= 11 is 4.87. The Morgan fingerprint density at radius 2 is 1.78 bits per heavy atom. The number of fused-ring (bicyclic) bond motifs is 1. The van der Waals surface area contributed by atoms with Gasteiger partial charge in [0.2, 0.25) is 0 Å². The van der Waals surface area contributed by atoms with Gasteiger partial charge in [0, 0.05) is 17.1 Å². The van der Waals surface area contributed by atoms with E-state index in [0.29, 0.717) is 26.4 Å². The Morgan fingerprint density at radius 3 is 2.41 bits per heavy atom. The van der Waals surface area contributed by atoms with Gasteiger partial charge in [0.15, 0.2) is 4.80 Å². The summed E-state index contributed by atoms with van der Waals surface area (Å²) < 4.78 is 15.9. The van der Waals surface area contributed by atoms with Gasteiger partial charge in [-0.2, -0.15) is 0 Å². The standard InChI is InChI=1S/C32H32BrN3O4S/c1-8-40-31(38)28-20(5)34-32-36(29(28)22-9-10-26(39-7)25(33)15-22)30(37)27(41-32)16-23-14-19(4)35(21(23)6)24-12-17(2)11-18(3)13-24/h9-16,29H,8H2,1-7H3/b27-16+/t29-/m0/s1. The molecule has 0 amide bonds. The van der Waals surface area contributed by atoms with E-state index in [0.717, 1.165) is 32.7 Å². The summed E-state index contributed by atoms with van der Waals surface area (Å²) in [5.41, 5.74) is 7.96. The zero-order valence-electron chi connectivity index (χ0n) is 24.2. The molecule has 0 radical (unpaired) electrons. The van der Waals surface area contributed by atoms with Crippen LogP contribution in [0.2, 0.25) is 0 Å². The lowest BCUT2D eigenvalue weighted by Crippen LogP contribution is -2.40. The summed E-state index contributed by atoms with van der Waals surface area (Å²) in [7, 11) is 1.59. The maximum Gasteiger partial charge on any atom is 0.338 e. The molecular formula is C32H32BrN3O4S. The van der Waals surface area contributed by atoms with Crippen LogP contribution in [-0.2, 0) is 9.53 Å². The van der Waals surface area contributed by atoms with Crippen molar-refractivity contribution in [2.24, 2.45) is 4.99 Å². The molecular weight excluding hydrogens is 602 g/mol. The minimum absolute atomic E-state index is 0.212. The molecule has 212 valence electrons. The van der Waals surface area contributed by atoms with Crippen LogP contribution < -0.4 is 19.6 Å². The van der Waals surface area contributed by atoms with Crippen molar-refractivity contribution in [2.45, 2.75) is 47.6 Å². The first-order valence-electron chi connectivity index (χ1n) is 13.3. The molecule has 0 aliphatic carbocycles. The van der Waals surface area contributed by atoms with Crippen LogP contribution in [0.3, 0.4) is 0 Å². The summed E-state index contributed by atoms with van der Waals surface area (Å²) in [4.78, 5) is 32.5. The Kier molecular flexibility index (Phi) is 7.94. The van der Waals surface area contributed by atoms with Crippen molar-refractivity contribution in [1.82, 2.24) is 9.13 Å². The molecule has 3 heterocycles. The van der Waals surface area contributed by atoms with Crippen LogP contribution in [0.15, 0.2) is 68.0 Å². The fraction of sp³-hybridized carbons (Fsp3) is 0.281. The lowest BCUT2D eigenvalue weighted by molar-refractivity contribution is -0.139. The van der Waals surface area contributed by atoms with E-state index in [9.17, 15) is 9.59 Å². The molecule has 2 aromatic carbocycles. The summed E-state index contributed by atoms with van der Waals surface area (Å²) in [6.45, 7) is 12.1. The minimum atomic E-state index is -0.697. The molecule has 9 heteroatoms. The summed E-state index contributed by atoms with van der Waals surface area (Å²) in [5.74, 6) is 0.163. The lowest BCUT2D eigenvalue weighted by atomic mass is 9.96. The van der Waals surface area contributed by atoms with Crippen molar-refractivity contribution in [3.8, 4) is 11.4 Å². The Labute approximate surface area is 251 Å². The third-order valence-corrected chi connectivity index (χ3v) is 8.83. The van der Waals surface area contributed by atoms with Gasteiger partial charge in [0.25, 0.3) is 5.56 Å². The normalized spacial score (nSPS) is 15.1. The number of allylic oxidation sites excluding steroid dienone is 1. The lowest BCUT2D eigenvalue weighted by Gasteiger charge is -2.25. The van der Waals surface area contributed by atoms with Gasteiger partial charge in [-0.05, 0) is 116 Å². The van der Waals surface area contributed by atoms with Gasteiger partial charge in [0.1, 0.15) is 5.75 Å². The van der Waals surface area contributed by atoms with Crippen LogP contribution in [0.5, 0.6) is 5.75 Å². The number of ether oxygens (including phenoxy) is 2. The van der Waals surface area contributed by atoms with Gasteiger partial charge in [0.05, 0.1) is 40.0 Å². The third kappa shape index (κ3) is 5.24. The minimum Gasteiger partial charge on any atom is -0.496 e. The maximum absolute atomic E-state index is 14.1. The Morgan fingerprint density at radius 1 is 1.07 bits per heavy atom. The van der Waals surface area contributed by atoms with Crippen LogP contribution >= 0.6 is 27.3 Å². The van der Waals surface area contributed by atoms with Gasteiger partial charge in [-0.3, -0.25) is 9.36 Å². The number of thiazole rings is 1. The number of carbonyl (C=O) groups is 1. The second kappa shape index (κ2) is 11.3. The molecule has 41 heavy (non-hydrogen) atoms. The molecule has 2 aromatic heterocycles. The number of aromatic nitrogens is 2. The van der Waals surface area contributed by atoms with Gasteiger partial charge in [-0.1, -0.05) is 23.5 Å². The van der Waals surface area contributed by atoms with Crippen LogP contribution in [0.25, 0.3) is 11.8 Å². The molecule has 0 bridgehead atoms. The van der Waals surface area contributed by atoms with Crippen LogP contribution in [-0.4, -0.2) is 28.8 Å². The van der Waals surface area contributed by atoms with Crippen molar-refractivity contribution in [3.05, 3.63) is 112 Å². The molecule has 1 aliphatic rings. The van der Waals surface area contributed by atoms with Crippen molar-refractivity contribution in [2.75, 3.05) is 13.7 Å². The molecule has 0 N–H and O–H groups in total. The SMILES string of the molecule is CCOC(=O)C1=C(C)N=c2s/c(=C/c3cc(C)n(-c4cc(C)cc(C)c4)c3C)c(=O)n2[C@H]1c1ccc(OC)c(Br)c1. The summed E-state index contributed by atoms with van der Waals surface area (Å²) in [6, 6.07) is 13.4. The number of esters is 1. The first-order chi connectivity index (χ1) is 19.5. The van der Waals surface area contributed by atoms with Crippen molar-refractivity contribution < 1.29 is 14.3 Å². The number of aryl methyl sites for hydroxylation is 3. The van der Waals surface area contributed by atoms with E-state index in [1.165, 1.54) is 22.5 Å². The van der Waals surface area contributed by atoms with E-state index in [-0.39, 0.29) is 12.2 Å². The highest BCUT2D eigenvalue weighted by Gasteiger charge is 2.33. The fourth-order valence-electron chi connectivity index (χ4n) is 5.51. The molecule has 0 saturated heterocycles. The summed E-state index contributed by atoms with van der Waals surface area (Å²) in [5, 5.41) is 0. The molecule has 4 aromatic rings. The first kappa shape index (κ1) is 28.8. The quantitative estimate of drug-likeness (QED) is 0.259. The van der Waals surface area contributed by atoms with Crippen LogP contribution in [0.1, 0.15) is 53.5 Å². The number of hydrogen-bond donors (Lipinski definition) is 0. The highest BCUT2D eigenvalue weighted by atomic mass is 79.9. The van der Waals surface area contributed by atoms with E-state index >= 15 is 0 Å². The van der Waals surface area contributed by atoms with E-state index in [2.05, 4.69) is 72.5 Å². The van der Waals surface area contributed by atoms with E-state index in [1.807, 2.05) is 24.3 Å². The van der Waals surface area contributed by atoms with Gasteiger partial charge in [-0.15, -0.1) is 0 Å². The predicted octanol–water partition coefficient (Wildman–Crippen LogP) is 5.59. The van der Waals surface area contributed by atoms with Gasteiger partial charge in [-0.25, -0.2) is 9.79 Å². The fourth-order valence-corrected chi connectivity index (χ4v) is 7.11. The van der Waals surface area contributed by atoms with E-state index in [4.69, 9.17) is 14.5 Å². The molecule has 1 atom stereocenters. The van der Waals surface area contributed by atoms with E-state index < -0.39 is 12.0 Å². The molecule has 0 unspecified atom stereocenters. The van der Waals surface area contributed by atoms with E-state index in [1.54, 1.807) is 25.5 Å². The smallest absolute Gasteiger partial charge is 0.338 e. The summed E-state index contributed by atoms with van der Waals surface area (Å²) in [6.07, 6.45) is 1.93. The molecule has 5 rings (SSSR count). The zero-order chi connectivity index (χ0) is 29.6. The number of rotatable bonds is 6. The molecule has 0 spiro atoms. The molecule has 0 saturated carbocycles. The Hall–Kier alpha value is -3.69. The van der Waals surface area contributed by atoms with Crippen molar-refractivity contribution in [3.63, 3.8) is 0 Å². The largest absolute Gasteiger partial charge is 0.496 e. The predicted molar refractivity (Wildman–Crippen MR) is 166 cm³/mol. The number of hydrogen-bond acceptors (Lipinski definition) is 6. The third-order valence-electron chi connectivity index (χ3n) is 7.23. The van der Waals surface area contributed by atoms with Crippen molar-refractivity contribution >= 4 is 39.3 Å². The second-order valence-corrected chi connectivity index (χ2v) is 12.1. The molecule has 0 fully saturated rings. The second-order valence-electron chi connectivity index (χ2n) is 10.2. The number of halogens is 1. The number of benzene rings is 2. The number of nitrogens with zero attached hydrogens (tertiary/aromatic N) is 3. The average Bonchev–Trinajstić information content (AvgIpc) is 3.36. The van der Waals surface area contributed by atoms with Crippen LogP contribution in [0.4, 0.5) is 0 Å². The Bertz CT molecular complexity index is 1890. The highest BCUT2D eigenvalue weighted by molar-refractivity contribution is 9.10. The van der Waals surface area contributed by atoms with Gasteiger partial charge >= 0.3 is 5.97 Å².